The maximum Gasteiger partial charge on any atom is 0.250 e. The van der Waals surface area contributed by atoms with Crippen LogP contribution in [0.25, 0.3) is 5.69 Å². The van der Waals surface area contributed by atoms with Gasteiger partial charge in [-0.05, 0) is 52.0 Å². The molecular weight excluding hydrogens is 456 g/mol. The van der Waals surface area contributed by atoms with Crippen molar-refractivity contribution in [1.29, 1.82) is 0 Å². The molecule has 1 fully saturated rings. The van der Waals surface area contributed by atoms with E-state index in [1.807, 2.05) is 72.0 Å². The molecule has 0 radical (unpaired) electrons. The number of carbonyl (C=O) groups is 3. The third-order valence-corrected chi connectivity index (χ3v) is 7.03. The van der Waals surface area contributed by atoms with Crippen LogP contribution in [0.3, 0.4) is 0 Å². The van der Waals surface area contributed by atoms with Gasteiger partial charge in [-0.25, -0.2) is 4.68 Å². The van der Waals surface area contributed by atoms with Gasteiger partial charge in [0.1, 0.15) is 11.6 Å². The lowest BCUT2D eigenvalue weighted by Crippen LogP contribution is -2.61. The maximum absolute atomic E-state index is 13.8. The first-order valence-corrected chi connectivity index (χ1v) is 12.1. The van der Waals surface area contributed by atoms with Crippen molar-refractivity contribution in [2.75, 3.05) is 29.9 Å². The third kappa shape index (κ3) is 3.85. The summed E-state index contributed by atoms with van der Waals surface area (Å²) >= 11 is 0. The van der Waals surface area contributed by atoms with Crippen molar-refractivity contribution >= 4 is 29.1 Å². The van der Waals surface area contributed by atoms with E-state index in [0.29, 0.717) is 24.5 Å². The summed E-state index contributed by atoms with van der Waals surface area (Å²) in [6.07, 6.45) is 0. The van der Waals surface area contributed by atoms with E-state index in [-0.39, 0.29) is 24.3 Å². The van der Waals surface area contributed by atoms with E-state index in [0.717, 1.165) is 22.6 Å². The zero-order chi connectivity index (χ0) is 25.6. The minimum atomic E-state index is -1.08. The molecule has 36 heavy (non-hydrogen) atoms. The van der Waals surface area contributed by atoms with Crippen molar-refractivity contribution in [3.63, 3.8) is 0 Å². The number of fused-ring (bicyclic) bond motifs is 1. The van der Waals surface area contributed by atoms with Crippen molar-refractivity contribution in [2.24, 2.45) is 0 Å². The fourth-order valence-corrected chi connectivity index (χ4v) is 5.21. The molecule has 2 N–H and O–H groups in total. The molecular formula is C27H30N6O3. The Bertz CT molecular complexity index is 1350. The number of anilines is 2. The highest BCUT2D eigenvalue weighted by atomic mass is 16.2. The summed E-state index contributed by atoms with van der Waals surface area (Å²) in [7, 11) is 0. The first-order valence-electron chi connectivity index (χ1n) is 12.1. The number of nitrogens with zero attached hydrogens (tertiary/aromatic N) is 4. The number of rotatable bonds is 4. The Morgan fingerprint density at radius 1 is 1.06 bits per heavy atom. The number of nitrogens with one attached hydrogen (secondary N) is 2. The zero-order valence-corrected chi connectivity index (χ0v) is 20.9. The summed E-state index contributed by atoms with van der Waals surface area (Å²) in [6, 6.07) is 16.4. The molecule has 3 heterocycles. The SMILES string of the molecule is Cc1nn(-c2ccccc2)c(C)c1C1C(=O)NCCN1CC(=O)N1c2ccccc2NC(=O)C1(C)C. The molecule has 2 aliphatic rings. The van der Waals surface area contributed by atoms with Crippen molar-refractivity contribution in [2.45, 2.75) is 39.3 Å². The number of hydrogen-bond donors (Lipinski definition) is 2. The van der Waals surface area contributed by atoms with Gasteiger partial charge in [-0.3, -0.25) is 24.2 Å². The molecule has 9 heteroatoms. The molecule has 1 aromatic heterocycles. The van der Waals surface area contributed by atoms with Gasteiger partial charge in [-0.2, -0.15) is 5.10 Å². The normalized spacial score (nSPS) is 19.4. The van der Waals surface area contributed by atoms with E-state index in [4.69, 9.17) is 5.10 Å². The van der Waals surface area contributed by atoms with Crippen LogP contribution in [-0.4, -0.2) is 57.6 Å². The van der Waals surface area contributed by atoms with Crippen molar-refractivity contribution in [3.8, 4) is 5.69 Å². The molecule has 3 aromatic rings. The van der Waals surface area contributed by atoms with Crippen molar-refractivity contribution in [3.05, 3.63) is 71.5 Å². The highest BCUT2D eigenvalue weighted by molar-refractivity contribution is 6.14. The molecule has 0 saturated carbocycles. The molecule has 2 aliphatic heterocycles. The lowest BCUT2D eigenvalue weighted by molar-refractivity contribution is -0.132. The highest BCUT2D eigenvalue weighted by Gasteiger charge is 2.45. The number of amides is 3. The Morgan fingerprint density at radius 2 is 1.75 bits per heavy atom. The van der Waals surface area contributed by atoms with Gasteiger partial charge in [0.2, 0.25) is 17.7 Å². The largest absolute Gasteiger partial charge is 0.353 e. The summed E-state index contributed by atoms with van der Waals surface area (Å²) in [6.45, 7) is 8.21. The van der Waals surface area contributed by atoms with E-state index in [9.17, 15) is 14.4 Å². The fourth-order valence-electron chi connectivity index (χ4n) is 5.21. The number of para-hydroxylation sites is 3. The Labute approximate surface area is 210 Å². The van der Waals surface area contributed by atoms with Gasteiger partial charge in [-0.1, -0.05) is 30.3 Å². The van der Waals surface area contributed by atoms with Gasteiger partial charge in [0.25, 0.3) is 0 Å². The van der Waals surface area contributed by atoms with Crippen molar-refractivity contribution in [1.82, 2.24) is 20.0 Å². The van der Waals surface area contributed by atoms with E-state index in [1.54, 1.807) is 24.8 Å². The smallest absolute Gasteiger partial charge is 0.250 e. The molecule has 186 valence electrons. The average Bonchev–Trinajstić information content (AvgIpc) is 3.14. The Kier molecular flexibility index (Phi) is 5.88. The minimum absolute atomic E-state index is 0.0153. The molecule has 3 amide bonds. The zero-order valence-electron chi connectivity index (χ0n) is 20.9. The van der Waals surface area contributed by atoms with Crippen molar-refractivity contribution < 1.29 is 14.4 Å². The maximum atomic E-state index is 13.8. The molecule has 9 nitrogen and oxygen atoms in total. The van der Waals surface area contributed by atoms with Gasteiger partial charge in [-0.15, -0.1) is 0 Å². The predicted molar refractivity (Wildman–Crippen MR) is 137 cm³/mol. The number of benzene rings is 2. The summed E-state index contributed by atoms with van der Waals surface area (Å²) < 4.78 is 1.83. The van der Waals surface area contributed by atoms with Gasteiger partial charge in [0.15, 0.2) is 0 Å². The molecule has 0 bridgehead atoms. The summed E-state index contributed by atoms with van der Waals surface area (Å²) in [5.41, 5.74) is 3.44. The fraction of sp³-hybridized carbons (Fsp3) is 0.333. The topological polar surface area (TPSA) is 99.6 Å². The molecule has 2 aromatic carbocycles. The quantitative estimate of drug-likeness (QED) is 0.591. The predicted octanol–water partition coefficient (Wildman–Crippen LogP) is 2.73. The number of carbonyl (C=O) groups excluding carboxylic acids is 3. The number of aromatic nitrogens is 2. The van der Waals surface area contributed by atoms with E-state index in [2.05, 4.69) is 10.6 Å². The molecule has 5 rings (SSSR count). The van der Waals surface area contributed by atoms with Gasteiger partial charge in [0.05, 0.1) is 29.3 Å². The molecule has 1 saturated heterocycles. The van der Waals surface area contributed by atoms with E-state index < -0.39 is 11.6 Å². The van der Waals surface area contributed by atoms with Crippen LogP contribution in [0.15, 0.2) is 54.6 Å². The lowest BCUT2D eigenvalue weighted by atomic mass is 9.95. The van der Waals surface area contributed by atoms with Crippen LogP contribution in [-0.2, 0) is 14.4 Å². The van der Waals surface area contributed by atoms with Crippen LogP contribution in [0.1, 0.15) is 36.8 Å². The van der Waals surface area contributed by atoms with Crippen LogP contribution in [0.2, 0.25) is 0 Å². The highest BCUT2D eigenvalue weighted by Crippen LogP contribution is 2.37. The van der Waals surface area contributed by atoms with Gasteiger partial charge < -0.3 is 10.6 Å². The van der Waals surface area contributed by atoms with E-state index >= 15 is 0 Å². The Balaban J connectivity index is 1.50. The monoisotopic (exact) mass is 486 g/mol. The second-order valence-corrected chi connectivity index (χ2v) is 9.76. The van der Waals surface area contributed by atoms with Gasteiger partial charge >= 0.3 is 0 Å². The Hall–Kier alpha value is -3.98. The van der Waals surface area contributed by atoms with E-state index in [1.165, 1.54) is 0 Å². The van der Waals surface area contributed by atoms with Crippen LogP contribution in [0.4, 0.5) is 11.4 Å². The van der Waals surface area contributed by atoms with Crippen LogP contribution in [0, 0.1) is 13.8 Å². The summed E-state index contributed by atoms with van der Waals surface area (Å²) in [5.74, 6) is -0.657. The standard InChI is InChI=1S/C27H30N6O3/c1-17-23(18(2)33(30-17)19-10-6-5-7-11-19)24-25(35)28-14-15-31(24)16-22(34)32-21-13-9-8-12-20(21)29-26(36)27(32,3)4/h5-13,24H,14-16H2,1-4H3,(H,28,35)(H,29,36). The number of hydrogen-bond acceptors (Lipinski definition) is 5. The van der Waals surface area contributed by atoms with Crippen LogP contribution < -0.4 is 15.5 Å². The number of piperazine rings is 1. The second-order valence-electron chi connectivity index (χ2n) is 9.76. The lowest BCUT2D eigenvalue weighted by Gasteiger charge is -2.43. The summed E-state index contributed by atoms with van der Waals surface area (Å²) in [5, 5.41) is 10.6. The van der Waals surface area contributed by atoms with Crippen LogP contribution >= 0.6 is 0 Å². The molecule has 1 unspecified atom stereocenters. The third-order valence-electron chi connectivity index (χ3n) is 7.03. The molecule has 1 atom stereocenters. The second kappa shape index (κ2) is 8.91. The first kappa shape index (κ1) is 23.7. The summed E-state index contributed by atoms with van der Waals surface area (Å²) in [4.78, 5) is 43.3. The average molecular weight is 487 g/mol. The molecule has 0 aliphatic carbocycles. The first-order chi connectivity index (χ1) is 17.2. The number of aryl methyl sites for hydroxylation is 1. The Morgan fingerprint density at radius 3 is 2.50 bits per heavy atom. The minimum Gasteiger partial charge on any atom is -0.353 e. The van der Waals surface area contributed by atoms with Crippen LogP contribution in [0.5, 0.6) is 0 Å². The molecule has 0 spiro atoms. The van der Waals surface area contributed by atoms with Gasteiger partial charge in [0, 0.05) is 24.3 Å².